The highest BCUT2D eigenvalue weighted by Crippen LogP contribution is 2.18. The van der Waals surface area contributed by atoms with Gasteiger partial charge in [-0.25, -0.2) is 4.39 Å². The van der Waals surface area contributed by atoms with Crippen LogP contribution in [0, 0.1) is 5.82 Å². The predicted molar refractivity (Wildman–Crippen MR) is 41.1 cm³/mol. The summed E-state index contributed by atoms with van der Waals surface area (Å²) >= 11 is 0. The maximum atomic E-state index is 12.9. The van der Waals surface area contributed by atoms with Crippen molar-refractivity contribution in [1.82, 2.24) is 0 Å². The van der Waals surface area contributed by atoms with Crippen LogP contribution in [0.15, 0.2) is 18.2 Å². The summed E-state index contributed by atoms with van der Waals surface area (Å²) in [4.78, 5) is 0. The zero-order valence-corrected chi connectivity index (χ0v) is 6.56. The molecule has 5 heteroatoms. The molecule has 0 aliphatic rings. The third kappa shape index (κ3) is 2.62. The lowest BCUT2D eigenvalue weighted by atomic mass is 10.2. The Hall–Kier alpha value is -1.23. The fourth-order valence-electron chi connectivity index (χ4n) is 0.848. The number of nitrogens with one attached hydrogen (secondary N) is 1. The highest BCUT2D eigenvalue weighted by Gasteiger charge is 2.06. The number of rotatable bonds is 3. The Labute approximate surface area is 73.1 Å². The van der Waals surface area contributed by atoms with Crippen LogP contribution in [0.5, 0.6) is 5.75 Å². The van der Waals surface area contributed by atoms with Gasteiger partial charge < -0.3 is 10.5 Å². The van der Waals surface area contributed by atoms with Gasteiger partial charge in [0.15, 0.2) is 0 Å². The fraction of sp³-hybridized carbons (Fsp3) is 0.250. The molecule has 0 aromatic heterocycles. The maximum Gasteiger partial charge on any atom is 0.387 e. The summed E-state index contributed by atoms with van der Waals surface area (Å²) < 4.78 is 40.1. The van der Waals surface area contributed by atoms with Crippen molar-refractivity contribution >= 4 is 0 Å². The van der Waals surface area contributed by atoms with E-state index in [1.54, 1.807) is 0 Å². The molecule has 0 fully saturated rings. The molecule has 1 N–H and O–H groups in total. The lowest BCUT2D eigenvalue weighted by molar-refractivity contribution is -0.0500. The van der Waals surface area contributed by atoms with Crippen molar-refractivity contribution < 1.29 is 17.9 Å². The van der Waals surface area contributed by atoms with Crippen molar-refractivity contribution in [2.24, 2.45) is 0 Å². The molecule has 0 radical (unpaired) electrons. The molecular formula is C8H7F3NO-. The molecule has 0 aliphatic carbocycles. The molecule has 0 amide bonds. The van der Waals surface area contributed by atoms with Crippen LogP contribution in [0.2, 0.25) is 0 Å². The Morgan fingerprint density at radius 1 is 1.38 bits per heavy atom. The van der Waals surface area contributed by atoms with E-state index in [2.05, 4.69) is 4.74 Å². The van der Waals surface area contributed by atoms with Crippen molar-refractivity contribution in [1.29, 1.82) is 0 Å². The van der Waals surface area contributed by atoms with E-state index in [9.17, 15) is 13.2 Å². The number of alkyl halides is 2. The zero-order chi connectivity index (χ0) is 9.84. The van der Waals surface area contributed by atoms with Gasteiger partial charge in [0.05, 0.1) is 0 Å². The number of benzene rings is 1. The Kier molecular flexibility index (Phi) is 3.13. The van der Waals surface area contributed by atoms with Crippen LogP contribution in [0.1, 0.15) is 5.56 Å². The first-order valence-corrected chi connectivity index (χ1v) is 3.51. The van der Waals surface area contributed by atoms with Crippen molar-refractivity contribution in [2.45, 2.75) is 13.2 Å². The van der Waals surface area contributed by atoms with Gasteiger partial charge in [0.2, 0.25) is 0 Å². The lowest BCUT2D eigenvalue weighted by Gasteiger charge is -2.07. The highest BCUT2D eigenvalue weighted by molar-refractivity contribution is 5.29. The Morgan fingerprint density at radius 3 is 2.54 bits per heavy atom. The van der Waals surface area contributed by atoms with Crippen LogP contribution in [0.3, 0.4) is 0 Å². The Balaban J connectivity index is 2.83. The molecule has 0 unspecified atom stereocenters. The predicted octanol–water partition coefficient (Wildman–Crippen LogP) is 2.98. The third-order valence-electron chi connectivity index (χ3n) is 1.44. The van der Waals surface area contributed by atoms with Gasteiger partial charge in [-0.1, -0.05) is 6.07 Å². The second-order valence-electron chi connectivity index (χ2n) is 2.31. The molecule has 0 aliphatic heterocycles. The number of hydrogen-bond acceptors (Lipinski definition) is 1. The largest absolute Gasteiger partial charge is 0.674 e. The van der Waals surface area contributed by atoms with Crippen LogP contribution in [-0.4, -0.2) is 6.61 Å². The van der Waals surface area contributed by atoms with Gasteiger partial charge in [0.25, 0.3) is 0 Å². The van der Waals surface area contributed by atoms with Crippen molar-refractivity contribution in [3.63, 3.8) is 0 Å². The molecule has 1 rings (SSSR count). The molecular weight excluding hydrogens is 183 g/mol. The average molecular weight is 190 g/mol. The number of ether oxygens (including phenoxy) is 1. The molecule has 0 atom stereocenters. The number of hydrogen-bond donors (Lipinski definition) is 0. The monoisotopic (exact) mass is 190 g/mol. The van der Waals surface area contributed by atoms with Gasteiger partial charge >= 0.3 is 6.61 Å². The first-order chi connectivity index (χ1) is 6.13. The lowest BCUT2D eigenvalue weighted by Crippen LogP contribution is -2.02. The summed E-state index contributed by atoms with van der Waals surface area (Å²) in [6, 6.07) is 3.30. The van der Waals surface area contributed by atoms with Crippen molar-refractivity contribution in [3.8, 4) is 5.75 Å². The van der Waals surface area contributed by atoms with E-state index in [1.165, 1.54) is 12.1 Å². The van der Waals surface area contributed by atoms with E-state index < -0.39 is 12.4 Å². The van der Waals surface area contributed by atoms with Gasteiger partial charge in [-0.15, -0.1) is 6.54 Å². The SMILES string of the molecule is [NH-]Cc1ccc(OC(F)F)cc1F. The summed E-state index contributed by atoms with van der Waals surface area (Å²) in [6.45, 7) is -3.18. The fourth-order valence-corrected chi connectivity index (χ4v) is 0.848. The van der Waals surface area contributed by atoms with Crippen LogP contribution < -0.4 is 4.74 Å². The first kappa shape index (κ1) is 9.85. The van der Waals surface area contributed by atoms with E-state index in [1.807, 2.05) is 0 Å². The molecule has 2 nitrogen and oxygen atoms in total. The third-order valence-corrected chi connectivity index (χ3v) is 1.44. The quantitative estimate of drug-likeness (QED) is 0.721. The van der Waals surface area contributed by atoms with E-state index in [4.69, 9.17) is 5.73 Å². The van der Waals surface area contributed by atoms with E-state index in [0.717, 1.165) is 6.07 Å². The highest BCUT2D eigenvalue weighted by atomic mass is 19.3. The van der Waals surface area contributed by atoms with Gasteiger partial charge in [0.1, 0.15) is 11.6 Å². The molecule has 1 aromatic rings. The molecule has 0 spiro atoms. The van der Waals surface area contributed by atoms with Crippen LogP contribution in [0.4, 0.5) is 13.2 Å². The normalized spacial score (nSPS) is 10.5. The van der Waals surface area contributed by atoms with E-state index >= 15 is 0 Å². The first-order valence-electron chi connectivity index (χ1n) is 3.51. The standard InChI is InChI=1S/C8H7F3NO/c9-7-3-6(13-8(10)11)2-1-5(7)4-12/h1-3,8,12H,4H2/q-1. The van der Waals surface area contributed by atoms with Gasteiger partial charge in [-0.05, 0) is 11.6 Å². The smallest absolute Gasteiger partial charge is 0.387 e. The molecule has 0 heterocycles. The van der Waals surface area contributed by atoms with E-state index in [0.29, 0.717) is 0 Å². The minimum atomic E-state index is -2.96. The average Bonchev–Trinajstić information content (AvgIpc) is 2.03. The summed E-state index contributed by atoms with van der Waals surface area (Å²) in [6.07, 6.45) is 0. The molecule has 0 saturated carbocycles. The van der Waals surface area contributed by atoms with Crippen LogP contribution in [0.25, 0.3) is 5.73 Å². The summed E-state index contributed by atoms with van der Waals surface area (Å²) in [5.74, 6) is -0.933. The van der Waals surface area contributed by atoms with Crippen molar-refractivity contribution in [3.05, 3.63) is 35.3 Å². The maximum absolute atomic E-state index is 12.9. The summed E-state index contributed by atoms with van der Waals surface area (Å²) in [5.41, 5.74) is 7.02. The topological polar surface area (TPSA) is 33.0 Å². The van der Waals surface area contributed by atoms with Gasteiger partial charge in [-0.2, -0.15) is 8.78 Å². The minimum absolute atomic E-state index is 0.154. The van der Waals surface area contributed by atoms with Gasteiger partial charge in [-0.3, -0.25) is 0 Å². The minimum Gasteiger partial charge on any atom is -0.674 e. The molecule has 0 bridgehead atoms. The summed E-state index contributed by atoms with van der Waals surface area (Å²) in [5, 5.41) is 0. The molecule has 72 valence electrons. The van der Waals surface area contributed by atoms with Gasteiger partial charge in [0, 0.05) is 6.07 Å². The number of halogens is 3. The molecule has 0 saturated heterocycles. The second kappa shape index (κ2) is 4.13. The molecule has 13 heavy (non-hydrogen) atoms. The van der Waals surface area contributed by atoms with Crippen LogP contribution in [-0.2, 0) is 6.54 Å². The Bertz CT molecular complexity index is 291. The Morgan fingerprint density at radius 2 is 2.08 bits per heavy atom. The second-order valence-corrected chi connectivity index (χ2v) is 2.31. The van der Waals surface area contributed by atoms with Crippen molar-refractivity contribution in [2.75, 3.05) is 0 Å². The zero-order valence-electron chi connectivity index (χ0n) is 6.56. The van der Waals surface area contributed by atoms with E-state index in [-0.39, 0.29) is 17.9 Å². The summed E-state index contributed by atoms with van der Waals surface area (Å²) in [7, 11) is 0. The molecule has 1 aromatic carbocycles. The van der Waals surface area contributed by atoms with Crippen LogP contribution >= 0.6 is 0 Å².